The molecule has 1 fully saturated rings. The van der Waals surface area contributed by atoms with E-state index in [9.17, 15) is 0 Å². The van der Waals surface area contributed by atoms with E-state index in [-0.39, 0.29) is 21.7 Å². The first kappa shape index (κ1) is 26.0. The molecule has 120 valence electrons. The Morgan fingerprint density at radius 2 is 1.14 bits per heavy atom. The molecule has 0 spiro atoms. The quantitative estimate of drug-likeness (QED) is 0.628. The second-order valence-electron chi connectivity index (χ2n) is 4.78. The molecule has 2 aliphatic rings. The fourth-order valence-electron chi connectivity index (χ4n) is 2.13. The fraction of sp³-hybridized carbons (Fsp3) is 0.765. The molecule has 4 heteroatoms. The molecule has 2 atom stereocenters. The van der Waals surface area contributed by atoms with E-state index in [0.717, 1.165) is 24.9 Å². The Kier molecular flexibility index (Phi) is 27.7. The van der Waals surface area contributed by atoms with Crippen LogP contribution in [0.3, 0.4) is 0 Å². The zero-order chi connectivity index (χ0) is 15.6. The van der Waals surface area contributed by atoms with Gasteiger partial charge in [-0.1, -0.05) is 44.6 Å². The topological polar surface area (TPSA) is 42.3 Å². The van der Waals surface area contributed by atoms with Crippen molar-refractivity contribution in [2.45, 2.75) is 33.1 Å². The fourth-order valence-corrected chi connectivity index (χ4v) is 2.13. The Hall–Kier alpha value is 0.0743. The molecule has 0 aromatic rings. The largest absolute Gasteiger partial charge is 4.00 e. The van der Waals surface area contributed by atoms with Crippen LogP contribution in [0.2, 0.25) is 0 Å². The van der Waals surface area contributed by atoms with Gasteiger partial charge in [0.2, 0.25) is 0 Å². The molecule has 0 amide bonds. The van der Waals surface area contributed by atoms with Crippen LogP contribution in [-0.4, -0.2) is 41.3 Å². The SMILES string of the molecule is C1=CC2CCCC2C=C1.CC[N-]CC.C[N-]C.C[N-]C.[Ti+4]. The molecule has 2 rings (SSSR count). The minimum absolute atomic E-state index is 0. The van der Waals surface area contributed by atoms with Gasteiger partial charge in [0.05, 0.1) is 0 Å². The van der Waals surface area contributed by atoms with E-state index in [0.29, 0.717) is 0 Å². The molecule has 2 aliphatic carbocycles. The molecule has 0 bridgehead atoms. The van der Waals surface area contributed by atoms with E-state index in [1.807, 2.05) is 13.8 Å². The van der Waals surface area contributed by atoms with E-state index in [1.165, 1.54) is 19.3 Å². The molecule has 2 unspecified atom stereocenters. The van der Waals surface area contributed by atoms with Crippen molar-refractivity contribution in [3.8, 4) is 0 Å². The van der Waals surface area contributed by atoms with Crippen molar-refractivity contribution in [3.05, 3.63) is 40.3 Å². The molecule has 0 radical (unpaired) electrons. The molecule has 0 saturated heterocycles. The van der Waals surface area contributed by atoms with Crippen molar-refractivity contribution in [1.29, 1.82) is 0 Å². The summed E-state index contributed by atoms with van der Waals surface area (Å²) in [6, 6.07) is 0. The van der Waals surface area contributed by atoms with Gasteiger partial charge in [-0.05, 0) is 24.7 Å². The summed E-state index contributed by atoms with van der Waals surface area (Å²) in [6.07, 6.45) is 13.4. The Bertz CT molecular complexity index is 208. The number of fused-ring (bicyclic) bond motifs is 1. The van der Waals surface area contributed by atoms with Crippen LogP contribution in [0.4, 0.5) is 0 Å². The van der Waals surface area contributed by atoms with Crippen molar-refractivity contribution < 1.29 is 21.7 Å². The van der Waals surface area contributed by atoms with Crippen molar-refractivity contribution in [1.82, 2.24) is 0 Å². The summed E-state index contributed by atoms with van der Waals surface area (Å²) in [7, 11) is 7.00. The zero-order valence-electron chi connectivity index (χ0n) is 14.8. The third-order valence-corrected chi connectivity index (χ3v) is 2.90. The number of rotatable bonds is 2. The molecule has 1 saturated carbocycles. The molecular formula is C17H34N3Ti+. The second-order valence-corrected chi connectivity index (χ2v) is 4.78. The first-order valence-electron chi connectivity index (χ1n) is 7.65. The predicted octanol–water partition coefficient (Wildman–Crippen LogP) is 5.17. The third-order valence-electron chi connectivity index (χ3n) is 2.90. The maximum atomic E-state index is 3.97. The van der Waals surface area contributed by atoms with Crippen molar-refractivity contribution in [2.24, 2.45) is 11.8 Å². The normalized spacial score (nSPS) is 20.5. The Morgan fingerprint density at radius 1 is 0.810 bits per heavy atom. The number of allylic oxidation sites excluding steroid dienone is 4. The van der Waals surface area contributed by atoms with Crippen LogP contribution < -0.4 is 0 Å². The van der Waals surface area contributed by atoms with Crippen LogP contribution >= 0.6 is 0 Å². The van der Waals surface area contributed by atoms with Crippen LogP contribution in [-0.2, 0) is 21.7 Å². The van der Waals surface area contributed by atoms with E-state index in [4.69, 9.17) is 0 Å². The van der Waals surface area contributed by atoms with Crippen LogP contribution in [0, 0.1) is 11.8 Å². The van der Waals surface area contributed by atoms with Crippen LogP contribution in [0.5, 0.6) is 0 Å². The summed E-state index contributed by atoms with van der Waals surface area (Å²) in [6.45, 7) is 6.03. The number of nitrogens with zero attached hydrogens (tertiary/aromatic N) is 3. The molecule has 0 aliphatic heterocycles. The van der Waals surface area contributed by atoms with Gasteiger partial charge in [0.15, 0.2) is 0 Å². The van der Waals surface area contributed by atoms with Crippen LogP contribution in [0.25, 0.3) is 16.0 Å². The van der Waals surface area contributed by atoms with E-state index in [2.05, 4.69) is 40.3 Å². The minimum atomic E-state index is 0. The van der Waals surface area contributed by atoms with Gasteiger partial charge in [0.25, 0.3) is 0 Å². The summed E-state index contributed by atoms with van der Waals surface area (Å²) >= 11 is 0. The molecule has 0 heterocycles. The van der Waals surface area contributed by atoms with Crippen molar-refractivity contribution in [2.75, 3.05) is 41.3 Å². The first-order chi connectivity index (χ1) is 9.71. The second kappa shape index (κ2) is 22.4. The van der Waals surface area contributed by atoms with Gasteiger partial charge in [0.1, 0.15) is 0 Å². The van der Waals surface area contributed by atoms with E-state index >= 15 is 0 Å². The van der Waals surface area contributed by atoms with Gasteiger partial charge in [-0.3, -0.25) is 0 Å². The molecule has 21 heavy (non-hydrogen) atoms. The van der Waals surface area contributed by atoms with Crippen LogP contribution in [0.1, 0.15) is 33.1 Å². The average Bonchev–Trinajstić information content (AvgIpc) is 2.90. The van der Waals surface area contributed by atoms with Gasteiger partial charge >= 0.3 is 21.7 Å². The van der Waals surface area contributed by atoms with Gasteiger partial charge in [-0.15, -0.1) is 0 Å². The van der Waals surface area contributed by atoms with Crippen molar-refractivity contribution >= 4 is 0 Å². The maximum Gasteiger partial charge on any atom is 4.00 e. The monoisotopic (exact) mass is 328 g/mol. The molecule has 3 nitrogen and oxygen atoms in total. The van der Waals surface area contributed by atoms with Crippen molar-refractivity contribution in [3.63, 3.8) is 0 Å². The zero-order valence-corrected chi connectivity index (χ0v) is 16.4. The molecule has 0 N–H and O–H groups in total. The van der Waals surface area contributed by atoms with E-state index < -0.39 is 0 Å². The summed E-state index contributed by atoms with van der Waals surface area (Å²) in [5.41, 5.74) is 0. The molecule has 0 aromatic heterocycles. The Balaban J connectivity index is -0.000000235. The Labute approximate surface area is 148 Å². The van der Waals surface area contributed by atoms with Gasteiger partial charge in [-0.25, -0.2) is 0 Å². The molecule has 0 aromatic carbocycles. The molecular weight excluding hydrogens is 294 g/mol. The minimum Gasteiger partial charge on any atom is -0.668 e. The summed E-state index contributed by atoms with van der Waals surface area (Å²) in [4.78, 5) is 0. The van der Waals surface area contributed by atoms with E-state index in [1.54, 1.807) is 28.2 Å². The van der Waals surface area contributed by atoms with Gasteiger partial charge in [0, 0.05) is 0 Å². The predicted molar refractivity (Wildman–Crippen MR) is 94.0 cm³/mol. The Morgan fingerprint density at radius 3 is 1.38 bits per heavy atom. The summed E-state index contributed by atoms with van der Waals surface area (Å²) in [5, 5.41) is 11.0. The standard InChI is InChI=1S/C9H12.C4H10N.2C2H6N.Ti/c1-2-5-9-7-3-6-8(9)4-1;1-3-5-4-2;2*1-3-2;/h1-2,4-5,8-9H,3,6-7H2;3-4H2,1-2H3;2*1-2H3;/q;3*-1;+4. The first-order valence-corrected chi connectivity index (χ1v) is 7.65. The van der Waals surface area contributed by atoms with Gasteiger partial charge < -0.3 is 16.0 Å². The number of hydrogen-bond acceptors (Lipinski definition) is 0. The summed E-state index contributed by atoms with van der Waals surface area (Å²) < 4.78 is 0. The third kappa shape index (κ3) is 18.0. The van der Waals surface area contributed by atoms with Crippen LogP contribution in [0.15, 0.2) is 24.3 Å². The maximum absolute atomic E-state index is 3.97. The summed E-state index contributed by atoms with van der Waals surface area (Å²) in [5.74, 6) is 1.80. The number of hydrogen-bond donors (Lipinski definition) is 0. The van der Waals surface area contributed by atoms with Gasteiger partial charge in [-0.2, -0.15) is 41.3 Å². The smallest absolute Gasteiger partial charge is 0.668 e. The average molecular weight is 328 g/mol.